The summed E-state index contributed by atoms with van der Waals surface area (Å²) in [4.78, 5) is 60.3. The molecule has 2 amide bonds. The van der Waals surface area contributed by atoms with Crippen molar-refractivity contribution in [1.82, 2.24) is 9.80 Å². The molecule has 4 aromatic rings. The minimum Gasteiger partial charge on any atom is -0.481 e. The summed E-state index contributed by atoms with van der Waals surface area (Å²) in [6, 6.07) is 27.1. The largest absolute Gasteiger partial charge is 0.481 e. The molecule has 5 N–H and O–H groups in total. The highest BCUT2D eigenvalue weighted by Gasteiger charge is 2.40. The van der Waals surface area contributed by atoms with Gasteiger partial charge in [0.1, 0.15) is 0 Å². The number of hydrogen-bond acceptors (Lipinski definition) is 8. The maximum atomic E-state index is 13.8. The Bertz CT molecular complexity index is 2150. The first kappa shape index (κ1) is 44.2. The third-order valence-electron chi connectivity index (χ3n) is 9.86. The number of para-hydroxylation sites is 1. The van der Waals surface area contributed by atoms with Crippen molar-refractivity contribution < 1.29 is 44.4 Å². The third kappa shape index (κ3) is 12.2. The SMILES string of the molecule is CC(=O)Nc1ccccc1C1CCN(CCC(CN(C)C(=O)c2cc(C#N)cc3ccccc23)c2ccc(Cl)c(Cl)c2)CC1.O=C(O)CC(O)(CC(=O)O)C(=O)O. The zero-order valence-corrected chi connectivity index (χ0v) is 33.0. The summed E-state index contributed by atoms with van der Waals surface area (Å²) in [6.45, 7) is 4.81. The highest BCUT2D eigenvalue weighted by Crippen LogP contribution is 2.34. The summed E-state index contributed by atoms with van der Waals surface area (Å²) >= 11 is 12.7. The van der Waals surface area contributed by atoms with Gasteiger partial charge in [-0.05, 0) is 97.0 Å². The van der Waals surface area contributed by atoms with E-state index in [0.717, 1.165) is 60.9 Å². The highest BCUT2D eigenvalue weighted by atomic mass is 35.5. The number of carbonyl (C=O) groups excluding carboxylic acids is 2. The molecular formula is C42H44Cl2N4O9. The van der Waals surface area contributed by atoms with E-state index in [4.69, 9.17) is 43.6 Å². The average Bonchev–Trinajstić information content (AvgIpc) is 3.16. The van der Waals surface area contributed by atoms with Crippen molar-refractivity contribution in [1.29, 1.82) is 5.26 Å². The zero-order valence-electron chi connectivity index (χ0n) is 31.5. The zero-order chi connectivity index (χ0) is 41.9. The number of aliphatic carboxylic acids is 3. The molecular weight excluding hydrogens is 775 g/mol. The molecule has 4 aromatic carbocycles. The van der Waals surface area contributed by atoms with Crippen molar-refractivity contribution in [3.8, 4) is 6.07 Å². The quantitative estimate of drug-likeness (QED) is 0.0889. The molecule has 0 bridgehead atoms. The lowest BCUT2D eigenvalue weighted by atomic mass is 9.87. The van der Waals surface area contributed by atoms with Gasteiger partial charge in [0.2, 0.25) is 5.91 Å². The van der Waals surface area contributed by atoms with E-state index in [1.165, 1.54) is 5.56 Å². The lowest BCUT2D eigenvalue weighted by molar-refractivity contribution is -0.170. The minimum atomic E-state index is -2.74. The second-order valence-electron chi connectivity index (χ2n) is 14.1. The molecule has 0 aromatic heterocycles. The van der Waals surface area contributed by atoms with Crippen molar-refractivity contribution in [2.75, 3.05) is 38.5 Å². The standard InChI is InChI=1S/C36H36Cl2N4O2.C6H8O7/c1-24(43)40-35-10-6-5-9-31(35)26-13-16-42(17-14-26)18-15-29(27-11-12-33(37)34(38)21-27)23-41(2)36(44)32-20-25(22-39)19-28-7-3-4-8-30(28)32;7-3(8)1-6(13,5(11)12)2-4(9)10/h3-12,19-21,26,29H,13-18,23H2,1-2H3,(H,40,43);13H,1-2H2,(H,7,8)(H,9,10)(H,11,12). The maximum absolute atomic E-state index is 13.8. The Morgan fingerprint density at radius 2 is 1.54 bits per heavy atom. The molecule has 1 aliphatic rings. The highest BCUT2D eigenvalue weighted by molar-refractivity contribution is 6.42. The average molecular weight is 820 g/mol. The van der Waals surface area contributed by atoms with Crippen LogP contribution in [0.25, 0.3) is 10.8 Å². The van der Waals surface area contributed by atoms with Gasteiger partial charge in [0.15, 0.2) is 5.60 Å². The normalized spacial score (nSPS) is 13.8. The van der Waals surface area contributed by atoms with E-state index in [2.05, 4.69) is 22.4 Å². The van der Waals surface area contributed by atoms with Gasteiger partial charge in [0.25, 0.3) is 5.91 Å². The molecule has 13 nitrogen and oxygen atoms in total. The van der Waals surface area contributed by atoms with Crippen LogP contribution in [0.1, 0.15) is 77.9 Å². The van der Waals surface area contributed by atoms with E-state index in [0.29, 0.717) is 33.6 Å². The molecule has 0 saturated carbocycles. The van der Waals surface area contributed by atoms with Crippen LogP contribution in [-0.4, -0.2) is 98.8 Å². The number of benzene rings is 4. The molecule has 57 heavy (non-hydrogen) atoms. The number of nitriles is 1. The van der Waals surface area contributed by atoms with Crippen LogP contribution >= 0.6 is 23.2 Å². The number of nitrogens with zero attached hydrogens (tertiary/aromatic N) is 3. The van der Waals surface area contributed by atoms with E-state index in [1.54, 1.807) is 17.9 Å². The Labute approximate surface area is 340 Å². The molecule has 1 saturated heterocycles. The van der Waals surface area contributed by atoms with Crippen LogP contribution < -0.4 is 5.32 Å². The van der Waals surface area contributed by atoms with Gasteiger partial charge >= 0.3 is 17.9 Å². The van der Waals surface area contributed by atoms with Gasteiger partial charge in [-0.25, -0.2) is 4.79 Å². The van der Waals surface area contributed by atoms with Gasteiger partial charge in [-0.15, -0.1) is 0 Å². The smallest absolute Gasteiger partial charge is 0.336 e. The number of rotatable bonds is 14. The number of carboxylic acid groups (broad SMARTS) is 3. The number of hydrogen-bond donors (Lipinski definition) is 5. The fraction of sp³-hybridized carbons (Fsp3) is 0.333. The fourth-order valence-corrected chi connectivity index (χ4v) is 7.28. The first-order chi connectivity index (χ1) is 27.0. The van der Waals surface area contributed by atoms with Gasteiger partial charge in [-0.1, -0.05) is 71.7 Å². The maximum Gasteiger partial charge on any atom is 0.336 e. The minimum absolute atomic E-state index is 0.0300. The summed E-state index contributed by atoms with van der Waals surface area (Å²) in [6.07, 6.45) is 0.564. The summed E-state index contributed by atoms with van der Waals surface area (Å²) < 4.78 is 0. The third-order valence-corrected chi connectivity index (χ3v) is 10.6. The second kappa shape index (κ2) is 20.1. The van der Waals surface area contributed by atoms with Crippen LogP contribution in [0.15, 0.2) is 78.9 Å². The van der Waals surface area contributed by atoms with Crippen molar-refractivity contribution in [2.45, 2.75) is 56.5 Å². The van der Waals surface area contributed by atoms with Gasteiger partial charge in [0, 0.05) is 37.7 Å². The molecule has 0 spiro atoms. The number of carbonyl (C=O) groups is 5. The number of fused-ring (bicyclic) bond motifs is 1. The number of anilines is 1. The van der Waals surface area contributed by atoms with E-state index in [-0.39, 0.29) is 17.7 Å². The van der Waals surface area contributed by atoms with Crippen LogP contribution in [0.4, 0.5) is 5.69 Å². The number of likely N-dealkylation sites (N-methyl/N-ethyl adjacent to an activating group) is 1. The molecule has 1 fully saturated rings. The van der Waals surface area contributed by atoms with Gasteiger partial charge in [-0.2, -0.15) is 5.26 Å². The first-order valence-corrected chi connectivity index (χ1v) is 18.9. The number of aliphatic hydroxyl groups is 1. The topological polar surface area (TPSA) is 209 Å². The monoisotopic (exact) mass is 818 g/mol. The van der Waals surface area contributed by atoms with Crippen LogP contribution in [-0.2, 0) is 19.2 Å². The summed E-state index contributed by atoms with van der Waals surface area (Å²) in [5.41, 5.74) is 1.38. The van der Waals surface area contributed by atoms with Gasteiger partial charge in [0.05, 0.1) is 34.5 Å². The van der Waals surface area contributed by atoms with Crippen LogP contribution in [0.3, 0.4) is 0 Å². The van der Waals surface area contributed by atoms with Crippen LogP contribution in [0.5, 0.6) is 0 Å². The van der Waals surface area contributed by atoms with Crippen molar-refractivity contribution in [3.63, 3.8) is 0 Å². The molecule has 0 aliphatic carbocycles. The molecule has 0 radical (unpaired) electrons. The summed E-state index contributed by atoms with van der Waals surface area (Å²) in [5, 5.41) is 49.1. The lowest BCUT2D eigenvalue weighted by Crippen LogP contribution is -2.42. The van der Waals surface area contributed by atoms with E-state index in [9.17, 15) is 29.2 Å². The molecule has 1 atom stereocenters. The number of carboxylic acids is 3. The molecule has 5 rings (SSSR count). The summed E-state index contributed by atoms with van der Waals surface area (Å²) in [5.74, 6) is -4.78. The number of halogens is 2. The molecule has 1 aliphatic heterocycles. The van der Waals surface area contributed by atoms with E-state index >= 15 is 0 Å². The van der Waals surface area contributed by atoms with Gasteiger partial charge < -0.3 is 35.5 Å². The Balaban J connectivity index is 0.000000476. The lowest BCUT2D eigenvalue weighted by Gasteiger charge is -2.34. The van der Waals surface area contributed by atoms with Crippen molar-refractivity contribution in [2.24, 2.45) is 0 Å². The number of nitrogens with one attached hydrogen (secondary N) is 1. The predicted octanol–water partition coefficient (Wildman–Crippen LogP) is 6.85. The molecule has 1 unspecified atom stereocenters. The van der Waals surface area contributed by atoms with Gasteiger partial charge in [-0.3, -0.25) is 19.2 Å². The van der Waals surface area contributed by atoms with E-state index < -0.39 is 36.4 Å². The molecule has 1 heterocycles. The Hall–Kier alpha value is -5.52. The Morgan fingerprint density at radius 1 is 0.912 bits per heavy atom. The number of piperidine rings is 1. The molecule has 300 valence electrons. The summed E-state index contributed by atoms with van der Waals surface area (Å²) in [7, 11) is 1.82. The fourth-order valence-electron chi connectivity index (χ4n) is 6.98. The number of likely N-dealkylation sites (tertiary alicyclic amines) is 1. The van der Waals surface area contributed by atoms with Crippen molar-refractivity contribution >= 4 is 69.4 Å². The van der Waals surface area contributed by atoms with Crippen LogP contribution in [0, 0.1) is 11.3 Å². The second-order valence-corrected chi connectivity index (χ2v) is 14.9. The van der Waals surface area contributed by atoms with Crippen LogP contribution in [0.2, 0.25) is 10.0 Å². The Kier molecular flexibility index (Phi) is 15.6. The molecule has 15 heteroatoms. The van der Waals surface area contributed by atoms with E-state index in [1.807, 2.05) is 73.8 Å². The predicted molar refractivity (Wildman–Crippen MR) is 216 cm³/mol. The number of amides is 2. The first-order valence-electron chi connectivity index (χ1n) is 18.1. The van der Waals surface area contributed by atoms with Crippen molar-refractivity contribution in [3.05, 3.63) is 111 Å². The Morgan fingerprint density at radius 3 is 2.14 bits per heavy atom.